The van der Waals surface area contributed by atoms with Gasteiger partial charge in [0, 0.05) is 1.37 Å². The van der Waals surface area contributed by atoms with Gasteiger partial charge in [-0.15, -0.1) is 0 Å². The number of methoxy groups -OCH3 is 1. The van der Waals surface area contributed by atoms with Crippen LogP contribution in [0.2, 0.25) is 25.2 Å². The summed E-state index contributed by atoms with van der Waals surface area (Å²) in [6, 6.07) is 0. The molecule has 2 nitrogen and oxygen atoms in total. The second kappa shape index (κ2) is 5.15. The average molecular weight is 213 g/mol. The number of allylic oxidation sites excluding steroid dienone is 2. The molecule has 0 N–H and O–H groups in total. The predicted molar refractivity (Wildman–Crippen MR) is 63.1 cm³/mol. The minimum atomic E-state index is -1.99. The van der Waals surface area contributed by atoms with Gasteiger partial charge >= 0.3 is 5.97 Å². The second-order valence-electron chi connectivity index (χ2n) is 4.26. The fourth-order valence-electron chi connectivity index (χ4n) is 1.07. The van der Waals surface area contributed by atoms with Crippen molar-refractivity contribution in [3.63, 3.8) is 0 Å². The lowest BCUT2D eigenvalue weighted by Crippen LogP contribution is -2.34. The van der Waals surface area contributed by atoms with Crippen LogP contribution in [0.1, 0.15) is 7.79 Å². The van der Waals surface area contributed by atoms with E-state index in [2.05, 4.69) is 13.2 Å². The number of esters is 1. The minimum absolute atomic E-state index is 0.304. The van der Waals surface area contributed by atoms with E-state index in [1.54, 1.807) is 6.08 Å². The molecular formula is C11H20O2Si. The summed E-state index contributed by atoms with van der Waals surface area (Å²) < 4.78 is 13.0. The van der Waals surface area contributed by atoms with Crippen molar-refractivity contribution in [3.05, 3.63) is 24.8 Å². The largest absolute Gasteiger partial charge is 0.469 e. The molecule has 80 valence electrons. The summed E-state index contributed by atoms with van der Waals surface area (Å²) in [4.78, 5) is 11.7. The highest BCUT2D eigenvalue weighted by Gasteiger charge is 2.33. The summed E-state index contributed by atoms with van der Waals surface area (Å²) >= 11 is 0. The normalized spacial score (nSPS) is 16.4. The summed E-state index contributed by atoms with van der Waals surface area (Å²) in [6.45, 7) is 13.3. The van der Waals surface area contributed by atoms with Crippen molar-refractivity contribution < 1.29 is 10.9 Å². The molecule has 0 fully saturated rings. The fraction of sp³-hybridized carbons (Fsp3) is 0.545. The predicted octanol–water partition coefficient (Wildman–Crippen LogP) is 3.00. The maximum atomic E-state index is 11.7. The number of hydrogen-bond donors (Lipinski definition) is 0. The van der Waals surface area contributed by atoms with Crippen molar-refractivity contribution in [1.29, 1.82) is 0 Å². The van der Waals surface area contributed by atoms with Crippen LogP contribution in [-0.2, 0) is 9.53 Å². The molecule has 0 aromatic heterocycles. The van der Waals surface area contributed by atoms with Gasteiger partial charge in [-0.05, 0) is 6.42 Å². The Bertz CT molecular complexity index is 281. The number of ether oxygens (including phenoxy) is 1. The van der Waals surface area contributed by atoms with E-state index in [-0.39, 0.29) is 0 Å². The van der Waals surface area contributed by atoms with Crippen LogP contribution < -0.4 is 0 Å². The van der Waals surface area contributed by atoms with E-state index in [4.69, 9.17) is 6.11 Å². The Labute approximate surface area is 89.1 Å². The lowest BCUT2D eigenvalue weighted by molar-refractivity contribution is -0.140. The van der Waals surface area contributed by atoms with Crippen LogP contribution in [0.25, 0.3) is 0 Å². The molecule has 1 unspecified atom stereocenters. The summed E-state index contributed by atoms with van der Waals surface area (Å²) in [5.41, 5.74) is -0.467. The first-order valence-corrected chi connectivity index (χ1v) is 8.07. The molecule has 0 rings (SSSR count). The van der Waals surface area contributed by atoms with E-state index in [9.17, 15) is 4.79 Å². The Morgan fingerprint density at radius 1 is 1.64 bits per heavy atom. The van der Waals surface area contributed by atoms with E-state index in [1.807, 2.05) is 19.6 Å². The van der Waals surface area contributed by atoms with Crippen LogP contribution in [-0.4, -0.2) is 21.2 Å². The van der Waals surface area contributed by atoms with E-state index in [1.165, 1.54) is 7.11 Å². The number of carbonyl (C=O) groups excluding carboxylic acids is 1. The van der Waals surface area contributed by atoms with Crippen molar-refractivity contribution in [3.8, 4) is 0 Å². The van der Waals surface area contributed by atoms with Crippen LogP contribution in [0, 0.1) is 0 Å². The first kappa shape index (κ1) is 11.2. The SMILES string of the molecule is [2H]C(CC(=C)C=C)(C(=O)OC)[Si](C)(C)C. The van der Waals surface area contributed by atoms with Gasteiger partial charge in [-0.25, -0.2) is 0 Å². The Morgan fingerprint density at radius 3 is 2.43 bits per heavy atom. The molecule has 0 amide bonds. The third-order valence-electron chi connectivity index (χ3n) is 2.03. The Balaban J connectivity index is 5.12. The maximum Gasteiger partial charge on any atom is 0.306 e. The molecule has 1 atom stereocenters. The van der Waals surface area contributed by atoms with Crippen LogP contribution in [0.4, 0.5) is 0 Å². The molecule has 0 aliphatic carbocycles. The fourth-order valence-corrected chi connectivity index (χ4v) is 2.54. The van der Waals surface area contributed by atoms with Crippen molar-refractivity contribution in [2.45, 2.75) is 31.6 Å². The summed E-state index contributed by atoms with van der Waals surface area (Å²) in [6.07, 6.45) is 1.89. The van der Waals surface area contributed by atoms with Crippen molar-refractivity contribution in [2.24, 2.45) is 0 Å². The topological polar surface area (TPSA) is 26.3 Å². The van der Waals surface area contributed by atoms with Crippen molar-refractivity contribution in [2.75, 3.05) is 7.11 Å². The zero-order chi connectivity index (χ0) is 12.3. The second-order valence-corrected chi connectivity index (χ2v) is 9.36. The Morgan fingerprint density at radius 2 is 2.14 bits per heavy atom. The van der Waals surface area contributed by atoms with E-state index >= 15 is 0 Å². The maximum absolute atomic E-state index is 11.7. The zero-order valence-electron chi connectivity index (χ0n) is 10.5. The van der Waals surface area contributed by atoms with Crippen LogP contribution in [0.15, 0.2) is 24.8 Å². The molecule has 0 bridgehead atoms. The number of rotatable bonds is 5. The van der Waals surface area contributed by atoms with Crippen molar-refractivity contribution in [1.82, 2.24) is 0 Å². The minimum Gasteiger partial charge on any atom is -0.469 e. The van der Waals surface area contributed by atoms with Crippen LogP contribution in [0.3, 0.4) is 0 Å². The van der Waals surface area contributed by atoms with Gasteiger partial charge in [-0.2, -0.15) is 0 Å². The molecule has 0 radical (unpaired) electrons. The molecule has 3 heteroatoms. The zero-order valence-corrected chi connectivity index (χ0v) is 10.5. The quantitative estimate of drug-likeness (QED) is 0.399. The molecular weight excluding hydrogens is 192 g/mol. The molecule has 0 heterocycles. The third-order valence-corrected chi connectivity index (χ3v) is 4.22. The molecule has 0 aromatic rings. The van der Waals surface area contributed by atoms with Gasteiger partial charge in [0.05, 0.1) is 20.7 Å². The van der Waals surface area contributed by atoms with Gasteiger partial charge in [0.2, 0.25) is 0 Å². The van der Waals surface area contributed by atoms with Crippen molar-refractivity contribution >= 4 is 14.0 Å². The van der Waals surface area contributed by atoms with Gasteiger partial charge in [0.1, 0.15) is 0 Å². The molecule has 14 heavy (non-hydrogen) atoms. The number of hydrogen-bond acceptors (Lipinski definition) is 2. The molecule has 0 saturated heterocycles. The highest BCUT2D eigenvalue weighted by atomic mass is 28.3. The first-order chi connectivity index (χ1) is 6.69. The molecule has 0 aliphatic heterocycles. The van der Waals surface area contributed by atoms with Gasteiger partial charge in [-0.1, -0.05) is 44.4 Å². The van der Waals surface area contributed by atoms with E-state index in [0.29, 0.717) is 12.0 Å². The molecule has 0 saturated carbocycles. The van der Waals surface area contributed by atoms with Gasteiger partial charge in [0.25, 0.3) is 0 Å². The molecule has 0 aliphatic rings. The molecule has 0 aromatic carbocycles. The van der Waals surface area contributed by atoms with Gasteiger partial charge in [0.15, 0.2) is 0 Å². The highest BCUT2D eigenvalue weighted by Crippen LogP contribution is 2.29. The van der Waals surface area contributed by atoms with Crippen LogP contribution in [0.5, 0.6) is 0 Å². The highest BCUT2D eigenvalue weighted by molar-refractivity contribution is 6.80. The van der Waals surface area contributed by atoms with Crippen LogP contribution >= 0.6 is 0 Å². The number of carbonyl (C=O) groups is 1. The Hall–Kier alpha value is -0.833. The molecule has 0 spiro atoms. The summed E-state index contributed by atoms with van der Waals surface area (Å²) in [5.74, 6) is -0.468. The van der Waals surface area contributed by atoms with Gasteiger partial charge in [-0.3, -0.25) is 4.79 Å². The Kier molecular flexibility index (Phi) is 4.13. The monoisotopic (exact) mass is 213 g/mol. The smallest absolute Gasteiger partial charge is 0.306 e. The lowest BCUT2D eigenvalue weighted by atomic mass is 10.1. The lowest BCUT2D eigenvalue weighted by Gasteiger charge is -2.26. The third kappa shape index (κ3) is 3.92. The van der Waals surface area contributed by atoms with Gasteiger partial charge < -0.3 is 4.74 Å². The summed E-state index contributed by atoms with van der Waals surface area (Å²) in [5, 5.41) is 0. The standard InChI is InChI=1S/C11H20O2Si/c1-7-9(2)8-10(11(12)13-3)14(4,5)6/h7,10H,1-2,8H2,3-6H3/i10D. The van der Waals surface area contributed by atoms with E-state index in [0.717, 1.165) is 0 Å². The van der Waals surface area contributed by atoms with E-state index < -0.39 is 19.6 Å². The first-order valence-electron chi connectivity index (χ1n) is 5.07. The summed E-state index contributed by atoms with van der Waals surface area (Å²) in [7, 11) is -0.669. The average Bonchev–Trinajstić information content (AvgIpc) is 2.14.